The van der Waals surface area contributed by atoms with Crippen molar-refractivity contribution >= 4 is 40.4 Å². The number of aryl methyl sites for hydroxylation is 2. The monoisotopic (exact) mass is 532 g/mol. The van der Waals surface area contributed by atoms with E-state index in [-0.39, 0.29) is 11.3 Å². The van der Waals surface area contributed by atoms with Crippen LogP contribution in [0.2, 0.25) is 5.02 Å². The molecule has 0 spiro atoms. The number of rotatable bonds is 8. The zero-order valence-corrected chi connectivity index (χ0v) is 23.2. The quantitative estimate of drug-likeness (QED) is 0.196. The van der Waals surface area contributed by atoms with Gasteiger partial charge in [0.1, 0.15) is 11.5 Å². The number of hydrogen-bond donors (Lipinski definition) is 1. The van der Waals surface area contributed by atoms with Gasteiger partial charge in [-0.25, -0.2) is 0 Å². The number of hydrogen-bond acceptors (Lipinski definition) is 5. The molecule has 1 amide bonds. The summed E-state index contributed by atoms with van der Waals surface area (Å²) in [5.41, 5.74) is 4.81. The zero-order valence-electron chi connectivity index (χ0n) is 22.4. The minimum Gasteiger partial charge on any atom is -0.507 e. The van der Waals surface area contributed by atoms with Crippen LogP contribution in [0.3, 0.4) is 0 Å². The lowest BCUT2D eigenvalue weighted by Gasteiger charge is -2.27. The normalized spacial score (nSPS) is 16.7. The Morgan fingerprint density at radius 2 is 1.63 bits per heavy atom. The number of ketones is 1. The molecular weight excluding hydrogens is 500 g/mol. The minimum absolute atomic E-state index is 0.0218. The molecule has 1 heterocycles. The van der Waals surface area contributed by atoms with E-state index in [4.69, 9.17) is 16.3 Å². The molecule has 4 rings (SSSR count). The van der Waals surface area contributed by atoms with Gasteiger partial charge in [0.2, 0.25) is 0 Å². The Bertz CT molecular complexity index is 1390. The molecule has 0 bridgehead atoms. The molecule has 3 aromatic rings. The molecule has 198 valence electrons. The van der Waals surface area contributed by atoms with Gasteiger partial charge in [0, 0.05) is 30.0 Å². The van der Waals surface area contributed by atoms with Crippen molar-refractivity contribution in [1.82, 2.24) is 0 Å². The van der Waals surface area contributed by atoms with Crippen LogP contribution in [0.4, 0.5) is 11.4 Å². The van der Waals surface area contributed by atoms with Crippen LogP contribution in [0.15, 0.2) is 66.2 Å². The van der Waals surface area contributed by atoms with Gasteiger partial charge < -0.3 is 14.7 Å². The van der Waals surface area contributed by atoms with Gasteiger partial charge in [-0.1, -0.05) is 29.8 Å². The van der Waals surface area contributed by atoms with Crippen molar-refractivity contribution in [3.63, 3.8) is 0 Å². The number of nitrogens with zero attached hydrogens (tertiary/aromatic N) is 2. The molecule has 1 saturated heterocycles. The van der Waals surface area contributed by atoms with E-state index in [0.29, 0.717) is 28.6 Å². The van der Waals surface area contributed by atoms with Gasteiger partial charge >= 0.3 is 0 Å². The second-order valence-electron chi connectivity index (χ2n) is 9.28. The molecule has 38 heavy (non-hydrogen) atoms. The van der Waals surface area contributed by atoms with Gasteiger partial charge in [-0.15, -0.1) is 0 Å². The first kappa shape index (κ1) is 27.3. The van der Waals surface area contributed by atoms with Crippen molar-refractivity contribution in [1.29, 1.82) is 0 Å². The van der Waals surface area contributed by atoms with E-state index in [9.17, 15) is 14.7 Å². The van der Waals surface area contributed by atoms with E-state index in [1.165, 1.54) is 4.90 Å². The molecule has 0 aromatic heterocycles. The van der Waals surface area contributed by atoms with Gasteiger partial charge in [-0.05, 0) is 93.8 Å². The predicted molar refractivity (Wildman–Crippen MR) is 153 cm³/mol. The average Bonchev–Trinajstić information content (AvgIpc) is 3.18. The Balaban J connectivity index is 1.91. The molecule has 1 unspecified atom stereocenters. The van der Waals surface area contributed by atoms with Crippen molar-refractivity contribution in [2.45, 2.75) is 40.7 Å². The highest BCUT2D eigenvalue weighted by Crippen LogP contribution is 2.43. The third kappa shape index (κ3) is 5.01. The van der Waals surface area contributed by atoms with Gasteiger partial charge in [-0.2, -0.15) is 0 Å². The Morgan fingerprint density at radius 3 is 2.24 bits per heavy atom. The van der Waals surface area contributed by atoms with Crippen LogP contribution >= 0.6 is 11.6 Å². The van der Waals surface area contributed by atoms with Crippen molar-refractivity contribution in [3.05, 3.63) is 93.5 Å². The molecule has 1 aliphatic heterocycles. The summed E-state index contributed by atoms with van der Waals surface area (Å²) in [6.07, 6.45) is 0. The summed E-state index contributed by atoms with van der Waals surface area (Å²) in [6.45, 7) is 12.1. The number of anilines is 2. The molecule has 3 aromatic carbocycles. The predicted octanol–water partition coefficient (Wildman–Crippen LogP) is 6.83. The fourth-order valence-electron chi connectivity index (χ4n) is 4.82. The number of carbonyl (C=O) groups excluding carboxylic acids is 2. The van der Waals surface area contributed by atoms with Crippen molar-refractivity contribution in [2.24, 2.45) is 0 Å². The van der Waals surface area contributed by atoms with Gasteiger partial charge in [0.05, 0.1) is 23.2 Å². The van der Waals surface area contributed by atoms with Crippen LogP contribution in [0, 0.1) is 13.8 Å². The number of Topliss-reactive ketones (excluding diaryl/α,β-unsaturated/α-hetero) is 1. The Labute approximate surface area is 229 Å². The average molecular weight is 533 g/mol. The summed E-state index contributed by atoms with van der Waals surface area (Å²) in [5.74, 6) is -1.31. The third-order valence-corrected chi connectivity index (χ3v) is 7.37. The number of aliphatic hydroxyl groups excluding tert-OH is 1. The Morgan fingerprint density at radius 1 is 0.947 bits per heavy atom. The van der Waals surface area contributed by atoms with Gasteiger partial charge in [-0.3, -0.25) is 14.5 Å². The highest BCUT2D eigenvalue weighted by molar-refractivity contribution is 6.51. The molecular formula is C31H33ClN2O4. The molecule has 0 radical (unpaired) electrons. The minimum atomic E-state index is -0.811. The molecule has 7 heteroatoms. The lowest BCUT2D eigenvalue weighted by molar-refractivity contribution is -0.132. The van der Waals surface area contributed by atoms with Crippen LogP contribution in [0.1, 0.15) is 49.1 Å². The van der Waals surface area contributed by atoms with E-state index in [2.05, 4.69) is 18.7 Å². The number of benzene rings is 3. The Hall–Kier alpha value is -3.77. The molecule has 1 N–H and O–H groups in total. The van der Waals surface area contributed by atoms with Crippen LogP contribution in [-0.2, 0) is 9.59 Å². The summed E-state index contributed by atoms with van der Waals surface area (Å²) >= 11 is 6.25. The van der Waals surface area contributed by atoms with Crippen molar-refractivity contribution in [3.8, 4) is 5.75 Å². The van der Waals surface area contributed by atoms with Crippen LogP contribution in [0.25, 0.3) is 5.76 Å². The third-order valence-electron chi connectivity index (χ3n) is 7.05. The molecule has 1 atom stereocenters. The molecule has 6 nitrogen and oxygen atoms in total. The second-order valence-corrected chi connectivity index (χ2v) is 9.69. The SMILES string of the molecule is CCOc1cc(/C(O)=C2\C(=O)C(=O)N(c3ccc(C)c(C)c3)C2c2ccc(N(CC)CC)cc2)ccc1Cl. The van der Waals surface area contributed by atoms with E-state index in [0.717, 1.165) is 35.5 Å². The first-order valence-corrected chi connectivity index (χ1v) is 13.2. The van der Waals surface area contributed by atoms with E-state index < -0.39 is 17.7 Å². The van der Waals surface area contributed by atoms with Crippen LogP contribution in [-0.4, -0.2) is 36.5 Å². The van der Waals surface area contributed by atoms with Crippen molar-refractivity contribution in [2.75, 3.05) is 29.5 Å². The van der Waals surface area contributed by atoms with E-state index in [1.54, 1.807) is 18.2 Å². The maximum Gasteiger partial charge on any atom is 0.300 e. The van der Waals surface area contributed by atoms with Crippen LogP contribution < -0.4 is 14.5 Å². The van der Waals surface area contributed by atoms with Crippen LogP contribution in [0.5, 0.6) is 5.75 Å². The fourth-order valence-corrected chi connectivity index (χ4v) is 4.99. The molecule has 1 aliphatic rings. The topological polar surface area (TPSA) is 70.1 Å². The summed E-state index contributed by atoms with van der Waals surface area (Å²) < 4.78 is 5.59. The first-order valence-electron chi connectivity index (χ1n) is 12.9. The summed E-state index contributed by atoms with van der Waals surface area (Å²) in [6, 6.07) is 17.5. The molecule has 0 saturated carbocycles. The maximum atomic E-state index is 13.5. The number of halogens is 1. The van der Waals surface area contributed by atoms with Gasteiger partial charge in [0.25, 0.3) is 11.7 Å². The first-order chi connectivity index (χ1) is 18.2. The largest absolute Gasteiger partial charge is 0.507 e. The van der Waals surface area contributed by atoms with Crippen molar-refractivity contribution < 1.29 is 19.4 Å². The summed E-state index contributed by atoms with van der Waals surface area (Å²) in [7, 11) is 0. The highest BCUT2D eigenvalue weighted by atomic mass is 35.5. The molecule has 0 aliphatic carbocycles. The lowest BCUT2D eigenvalue weighted by Crippen LogP contribution is -2.29. The number of amides is 1. The lowest BCUT2D eigenvalue weighted by atomic mass is 9.94. The molecule has 1 fully saturated rings. The zero-order chi connectivity index (χ0) is 27.6. The van der Waals surface area contributed by atoms with E-state index in [1.807, 2.05) is 63.2 Å². The van der Waals surface area contributed by atoms with Gasteiger partial charge in [0.15, 0.2) is 0 Å². The standard InChI is InChI=1S/C31H33ClN2O4/c1-6-33(7-2)23-14-10-21(11-15-23)28-27(29(35)22-12-16-25(32)26(18-22)38-8-3)30(36)31(37)34(28)24-13-9-19(4)20(5)17-24/h9-18,28,35H,6-8H2,1-5H3/b29-27+. The summed E-state index contributed by atoms with van der Waals surface area (Å²) in [4.78, 5) is 30.7. The fraction of sp³-hybridized carbons (Fsp3) is 0.290. The maximum absolute atomic E-state index is 13.5. The van der Waals surface area contributed by atoms with E-state index >= 15 is 0 Å². The highest BCUT2D eigenvalue weighted by Gasteiger charge is 2.47. The summed E-state index contributed by atoms with van der Waals surface area (Å²) in [5, 5.41) is 11.9. The number of aliphatic hydroxyl groups is 1. The Kier molecular flexibility index (Phi) is 8.12. The number of ether oxygens (including phenoxy) is 1. The number of carbonyl (C=O) groups is 2. The second kappa shape index (κ2) is 11.3. The smallest absolute Gasteiger partial charge is 0.300 e.